The van der Waals surface area contributed by atoms with Crippen LogP contribution in [0.25, 0.3) is 22.1 Å². The van der Waals surface area contributed by atoms with E-state index in [4.69, 9.17) is 11.6 Å². The fraction of sp³-hybridized carbons (Fsp3) is 0.167. The molecule has 0 atom stereocenters. The average Bonchev–Trinajstić information content (AvgIpc) is 3.36. The smallest absolute Gasteiger partial charge is 0.332 e. The van der Waals surface area contributed by atoms with Crippen LogP contribution in [-0.4, -0.2) is 29.5 Å². The van der Waals surface area contributed by atoms with Gasteiger partial charge in [-0.05, 0) is 23.8 Å². The number of para-hydroxylation sites is 1. The summed E-state index contributed by atoms with van der Waals surface area (Å²) in [5.41, 5.74) is 5.84. The second-order valence-corrected chi connectivity index (χ2v) is 8.53. The van der Waals surface area contributed by atoms with Crippen LogP contribution in [0.15, 0.2) is 69.4 Å². The maximum atomic E-state index is 12.6. The van der Waals surface area contributed by atoms with E-state index in [-0.39, 0.29) is 0 Å². The third-order valence-corrected chi connectivity index (χ3v) is 6.18. The molecule has 5 aromatic rings. The van der Waals surface area contributed by atoms with Gasteiger partial charge in [-0.1, -0.05) is 41.9 Å². The zero-order valence-electron chi connectivity index (χ0n) is 18.9. The van der Waals surface area contributed by atoms with E-state index in [0.29, 0.717) is 28.7 Å². The molecule has 0 spiro atoms. The summed E-state index contributed by atoms with van der Waals surface area (Å²) in [6.45, 7) is 0.695. The molecule has 172 valence electrons. The summed E-state index contributed by atoms with van der Waals surface area (Å²) in [6, 6.07) is 15.9. The number of hydrazone groups is 1. The summed E-state index contributed by atoms with van der Waals surface area (Å²) in [5, 5.41) is 6.14. The number of nitrogens with one attached hydrogen (secondary N) is 1. The molecule has 0 aliphatic rings. The van der Waals surface area contributed by atoms with Gasteiger partial charge >= 0.3 is 5.69 Å². The van der Waals surface area contributed by atoms with Gasteiger partial charge in [0.25, 0.3) is 5.56 Å². The standard InChI is InChI=1S/C24H22ClN7O2/c1-29-20-21(30(2)24(34)31(3)22(20)33)27-23(29)28-26-12-16-14-32(19-7-5-4-6-18(16)19)13-15-8-10-17(25)11-9-15/h4-12,14H,13H2,1-3H3,(H,27,28)/b26-12-. The number of hydrogen-bond donors (Lipinski definition) is 1. The quantitative estimate of drug-likeness (QED) is 0.312. The van der Waals surface area contributed by atoms with E-state index in [1.807, 2.05) is 48.7 Å². The molecule has 0 saturated carbocycles. The molecule has 1 N–H and O–H groups in total. The first-order valence-electron chi connectivity index (χ1n) is 10.6. The Hall–Kier alpha value is -4.11. The van der Waals surface area contributed by atoms with Crippen LogP contribution in [0, 0.1) is 0 Å². The first-order valence-corrected chi connectivity index (χ1v) is 11.0. The maximum Gasteiger partial charge on any atom is 0.332 e. The van der Waals surface area contributed by atoms with Crippen LogP contribution in [0.2, 0.25) is 5.02 Å². The Morgan fingerprint density at radius 1 is 1.00 bits per heavy atom. The molecule has 2 aromatic carbocycles. The van der Waals surface area contributed by atoms with Crippen molar-refractivity contribution in [2.75, 3.05) is 5.43 Å². The fourth-order valence-electron chi connectivity index (χ4n) is 4.07. The Labute approximate surface area is 199 Å². The van der Waals surface area contributed by atoms with E-state index in [2.05, 4.69) is 26.1 Å². The van der Waals surface area contributed by atoms with Crippen molar-refractivity contribution >= 4 is 45.8 Å². The molecule has 0 fully saturated rings. The molecule has 0 radical (unpaired) electrons. The normalized spacial score (nSPS) is 11.8. The van der Waals surface area contributed by atoms with Gasteiger partial charge in [-0.15, -0.1) is 0 Å². The van der Waals surface area contributed by atoms with Crippen molar-refractivity contribution < 1.29 is 0 Å². The molecule has 34 heavy (non-hydrogen) atoms. The summed E-state index contributed by atoms with van der Waals surface area (Å²) in [6.07, 6.45) is 3.76. The predicted molar refractivity (Wildman–Crippen MR) is 135 cm³/mol. The van der Waals surface area contributed by atoms with Crippen molar-refractivity contribution in [2.24, 2.45) is 26.2 Å². The number of aromatic nitrogens is 5. The second kappa shape index (κ2) is 8.35. The molecule has 0 bridgehead atoms. The van der Waals surface area contributed by atoms with E-state index < -0.39 is 11.2 Å². The van der Waals surface area contributed by atoms with Crippen molar-refractivity contribution in [1.29, 1.82) is 0 Å². The van der Waals surface area contributed by atoms with Crippen molar-refractivity contribution in [3.63, 3.8) is 0 Å². The minimum atomic E-state index is -0.431. The maximum absolute atomic E-state index is 12.6. The second-order valence-electron chi connectivity index (χ2n) is 8.10. The monoisotopic (exact) mass is 475 g/mol. The number of benzene rings is 2. The number of nitrogens with zero attached hydrogens (tertiary/aromatic N) is 6. The molecule has 0 saturated heterocycles. The largest absolute Gasteiger partial charge is 0.342 e. The zero-order chi connectivity index (χ0) is 24.0. The zero-order valence-corrected chi connectivity index (χ0v) is 19.6. The van der Waals surface area contributed by atoms with Crippen LogP contribution in [0.3, 0.4) is 0 Å². The number of halogens is 1. The minimum absolute atomic E-state index is 0.299. The molecule has 3 heterocycles. The van der Waals surface area contributed by atoms with Crippen molar-refractivity contribution in [1.82, 2.24) is 23.3 Å². The van der Waals surface area contributed by atoms with Crippen LogP contribution in [-0.2, 0) is 27.7 Å². The average molecular weight is 476 g/mol. The van der Waals surface area contributed by atoms with Crippen LogP contribution in [0.4, 0.5) is 5.95 Å². The lowest BCUT2D eigenvalue weighted by Gasteiger charge is -2.05. The van der Waals surface area contributed by atoms with Gasteiger partial charge in [0, 0.05) is 55.4 Å². The highest BCUT2D eigenvalue weighted by Crippen LogP contribution is 2.22. The highest BCUT2D eigenvalue weighted by atomic mass is 35.5. The number of hydrogen-bond acceptors (Lipinski definition) is 5. The van der Waals surface area contributed by atoms with Gasteiger partial charge in [0.2, 0.25) is 5.95 Å². The Bertz CT molecular complexity index is 1690. The number of anilines is 1. The molecule has 0 aliphatic carbocycles. The Morgan fingerprint density at radius 2 is 1.74 bits per heavy atom. The third kappa shape index (κ3) is 3.60. The van der Waals surface area contributed by atoms with Crippen molar-refractivity contribution in [3.05, 3.63) is 91.7 Å². The van der Waals surface area contributed by atoms with E-state index in [0.717, 1.165) is 26.6 Å². The molecule has 3 aromatic heterocycles. The minimum Gasteiger partial charge on any atom is -0.342 e. The van der Waals surface area contributed by atoms with E-state index in [9.17, 15) is 9.59 Å². The summed E-state index contributed by atoms with van der Waals surface area (Å²) in [5.74, 6) is 0.356. The first-order chi connectivity index (χ1) is 16.3. The van der Waals surface area contributed by atoms with Gasteiger partial charge in [-0.3, -0.25) is 13.9 Å². The summed E-state index contributed by atoms with van der Waals surface area (Å²) < 4.78 is 6.16. The number of fused-ring (bicyclic) bond motifs is 2. The molecule has 0 unspecified atom stereocenters. The predicted octanol–water partition coefficient (Wildman–Crippen LogP) is 3.07. The summed E-state index contributed by atoms with van der Waals surface area (Å²) in [4.78, 5) is 29.2. The SMILES string of the molecule is Cn1c(=O)c2c(nc(N/N=C\c3cn(Cc4ccc(Cl)cc4)c4ccccc34)n2C)n(C)c1=O. The van der Waals surface area contributed by atoms with Crippen LogP contribution >= 0.6 is 11.6 Å². The number of aryl methyl sites for hydroxylation is 2. The highest BCUT2D eigenvalue weighted by molar-refractivity contribution is 6.30. The van der Waals surface area contributed by atoms with Gasteiger partial charge in [0.1, 0.15) is 0 Å². The molecule has 0 amide bonds. The number of rotatable bonds is 5. The lowest BCUT2D eigenvalue weighted by molar-refractivity contribution is 0.705. The topological polar surface area (TPSA) is 91.1 Å². The van der Waals surface area contributed by atoms with Gasteiger partial charge in [0.05, 0.1) is 6.21 Å². The molecule has 5 rings (SSSR count). The van der Waals surface area contributed by atoms with Crippen molar-refractivity contribution in [2.45, 2.75) is 6.54 Å². The van der Waals surface area contributed by atoms with Crippen molar-refractivity contribution in [3.8, 4) is 0 Å². The fourth-order valence-corrected chi connectivity index (χ4v) is 4.20. The Kier molecular flexibility index (Phi) is 5.33. The number of imidazole rings is 1. The van der Waals surface area contributed by atoms with E-state index in [1.165, 1.54) is 11.6 Å². The summed E-state index contributed by atoms with van der Waals surface area (Å²) in [7, 11) is 4.74. The van der Waals surface area contributed by atoms with E-state index in [1.54, 1.807) is 24.9 Å². The van der Waals surface area contributed by atoms with Gasteiger partial charge in [0.15, 0.2) is 11.2 Å². The Balaban J connectivity index is 1.48. The van der Waals surface area contributed by atoms with Gasteiger partial charge in [-0.25, -0.2) is 10.2 Å². The lowest BCUT2D eigenvalue weighted by Crippen LogP contribution is -2.37. The molecule has 10 heteroatoms. The van der Waals surface area contributed by atoms with Crippen LogP contribution in [0.5, 0.6) is 0 Å². The highest BCUT2D eigenvalue weighted by Gasteiger charge is 2.16. The molecule has 0 aliphatic heterocycles. The van der Waals surface area contributed by atoms with Crippen LogP contribution < -0.4 is 16.7 Å². The Morgan fingerprint density at radius 3 is 2.50 bits per heavy atom. The molecule has 9 nitrogen and oxygen atoms in total. The summed E-state index contributed by atoms with van der Waals surface area (Å²) >= 11 is 6.02. The molecular formula is C24H22ClN7O2. The first kappa shape index (κ1) is 21.7. The van der Waals surface area contributed by atoms with Gasteiger partial charge in [-0.2, -0.15) is 10.1 Å². The molecular weight excluding hydrogens is 454 g/mol. The third-order valence-electron chi connectivity index (χ3n) is 5.93. The van der Waals surface area contributed by atoms with E-state index >= 15 is 0 Å². The van der Waals surface area contributed by atoms with Crippen LogP contribution in [0.1, 0.15) is 11.1 Å². The lowest BCUT2D eigenvalue weighted by atomic mass is 10.2. The van der Waals surface area contributed by atoms with Gasteiger partial charge < -0.3 is 9.13 Å².